The van der Waals surface area contributed by atoms with Crippen molar-refractivity contribution >= 4 is 10.8 Å². The van der Waals surface area contributed by atoms with Crippen LogP contribution in [-0.4, -0.2) is 4.98 Å². The van der Waals surface area contributed by atoms with Crippen LogP contribution in [-0.2, 0) is 0 Å². The molecule has 1 nitrogen and oxygen atoms in total. The van der Waals surface area contributed by atoms with Crippen LogP contribution in [0.3, 0.4) is 0 Å². The molecule has 1 heteroatoms. The van der Waals surface area contributed by atoms with Gasteiger partial charge in [-0.1, -0.05) is 42.8 Å². The summed E-state index contributed by atoms with van der Waals surface area (Å²) < 4.78 is 0. The van der Waals surface area contributed by atoms with Crippen molar-refractivity contribution in [1.29, 1.82) is 0 Å². The molecule has 0 amide bonds. The minimum atomic E-state index is 0.467. The van der Waals surface area contributed by atoms with Crippen LogP contribution >= 0.6 is 0 Å². The first-order valence-electron chi connectivity index (χ1n) is 6.37. The average molecular weight is 223 g/mol. The first-order chi connectivity index (χ1) is 8.36. The summed E-state index contributed by atoms with van der Waals surface area (Å²) in [5, 5.41) is 2.58. The van der Waals surface area contributed by atoms with Gasteiger partial charge in [-0.15, -0.1) is 0 Å². The van der Waals surface area contributed by atoms with E-state index in [1.165, 1.54) is 41.3 Å². The zero-order valence-electron chi connectivity index (χ0n) is 10.0. The number of benzene rings is 1. The standard InChI is InChI=1S/C16H17N/c1-12-6-2-4-8-14(12)16-15-9-5-3-7-13(15)10-11-17-16/h3,5,7,9-11,14H,1-2,4,6,8H2. The largest absolute Gasteiger partial charge is 0.260 e. The molecule has 1 aromatic heterocycles. The molecule has 0 saturated heterocycles. The van der Waals surface area contributed by atoms with Gasteiger partial charge in [-0.05, 0) is 30.7 Å². The zero-order valence-corrected chi connectivity index (χ0v) is 10.0. The molecule has 1 aliphatic rings. The molecule has 1 fully saturated rings. The van der Waals surface area contributed by atoms with E-state index in [1.54, 1.807) is 0 Å². The highest BCUT2D eigenvalue weighted by molar-refractivity contribution is 5.85. The number of aromatic nitrogens is 1. The summed E-state index contributed by atoms with van der Waals surface area (Å²) in [5.41, 5.74) is 2.59. The highest BCUT2D eigenvalue weighted by Crippen LogP contribution is 2.37. The summed E-state index contributed by atoms with van der Waals surface area (Å²) in [6.07, 6.45) is 6.89. The van der Waals surface area contributed by atoms with Gasteiger partial charge in [0.2, 0.25) is 0 Å². The third kappa shape index (κ3) is 1.86. The Morgan fingerprint density at radius 3 is 2.88 bits per heavy atom. The van der Waals surface area contributed by atoms with Crippen molar-refractivity contribution in [2.24, 2.45) is 0 Å². The van der Waals surface area contributed by atoms with Gasteiger partial charge in [-0.3, -0.25) is 4.98 Å². The molecular weight excluding hydrogens is 206 g/mol. The van der Waals surface area contributed by atoms with Gasteiger partial charge in [0, 0.05) is 17.5 Å². The molecule has 1 saturated carbocycles. The Balaban J connectivity index is 2.13. The first kappa shape index (κ1) is 10.5. The van der Waals surface area contributed by atoms with Crippen LogP contribution in [0.1, 0.15) is 37.3 Å². The predicted octanol–water partition coefficient (Wildman–Crippen LogP) is 4.45. The van der Waals surface area contributed by atoms with E-state index >= 15 is 0 Å². The van der Waals surface area contributed by atoms with E-state index in [4.69, 9.17) is 0 Å². The second-order valence-corrected chi connectivity index (χ2v) is 4.87. The second-order valence-electron chi connectivity index (χ2n) is 4.87. The van der Waals surface area contributed by atoms with E-state index in [2.05, 4.69) is 41.9 Å². The molecule has 17 heavy (non-hydrogen) atoms. The number of nitrogens with zero attached hydrogens (tertiary/aromatic N) is 1. The summed E-state index contributed by atoms with van der Waals surface area (Å²) in [6, 6.07) is 10.6. The Bertz CT molecular complexity index is 551. The van der Waals surface area contributed by atoms with Crippen molar-refractivity contribution in [3.63, 3.8) is 0 Å². The molecule has 0 spiro atoms. The third-order valence-corrected chi connectivity index (χ3v) is 3.77. The maximum Gasteiger partial charge on any atom is 0.0553 e. The van der Waals surface area contributed by atoms with E-state index in [0.717, 1.165) is 6.42 Å². The molecule has 0 bridgehead atoms. The molecule has 1 aromatic carbocycles. The van der Waals surface area contributed by atoms with Gasteiger partial charge in [0.1, 0.15) is 0 Å². The highest BCUT2D eigenvalue weighted by atomic mass is 14.7. The van der Waals surface area contributed by atoms with E-state index < -0.39 is 0 Å². The topological polar surface area (TPSA) is 12.9 Å². The first-order valence-corrected chi connectivity index (χ1v) is 6.37. The van der Waals surface area contributed by atoms with Crippen LogP contribution in [0.25, 0.3) is 10.8 Å². The van der Waals surface area contributed by atoms with Crippen molar-refractivity contribution in [1.82, 2.24) is 4.98 Å². The Labute approximate surface area is 102 Å². The minimum Gasteiger partial charge on any atom is -0.260 e. The van der Waals surface area contributed by atoms with Crippen LogP contribution in [0.15, 0.2) is 48.7 Å². The number of allylic oxidation sites excluding steroid dienone is 1. The average Bonchev–Trinajstić information content (AvgIpc) is 2.39. The van der Waals surface area contributed by atoms with E-state index in [1.807, 2.05) is 6.20 Å². The summed E-state index contributed by atoms with van der Waals surface area (Å²) in [4.78, 5) is 4.62. The lowest BCUT2D eigenvalue weighted by Gasteiger charge is -2.25. The smallest absolute Gasteiger partial charge is 0.0553 e. The van der Waals surface area contributed by atoms with Gasteiger partial charge in [-0.2, -0.15) is 0 Å². The molecule has 3 rings (SSSR count). The lowest BCUT2D eigenvalue weighted by atomic mass is 9.81. The molecule has 1 aliphatic carbocycles. The Hall–Kier alpha value is -1.63. The fraction of sp³-hybridized carbons (Fsp3) is 0.312. The normalized spacial score (nSPS) is 20.7. The fourth-order valence-electron chi connectivity index (χ4n) is 2.83. The van der Waals surface area contributed by atoms with Crippen LogP contribution in [0, 0.1) is 0 Å². The molecule has 1 unspecified atom stereocenters. The van der Waals surface area contributed by atoms with E-state index in [-0.39, 0.29) is 0 Å². The van der Waals surface area contributed by atoms with Crippen LogP contribution in [0.5, 0.6) is 0 Å². The Kier molecular flexibility index (Phi) is 2.68. The zero-order chi connectivity index (χ0) is 11.7. The molecule has 1 heterocycles. The number of hydrogen-bond acceptors (Lipinski definition) is 1. The van der Waals surface area contributed by atoms with Crippen LogP contribution in [0.2, 0.25) is 0 Å². The van der Waals surface area contributed by atoms with Crippen LogP contribution in [0.4, 0.5) is 0 Å². The third-order valence-electron chi connectivity index (χ3n) is 3.77. The van der Waals surface area contributed by atoms with Crippen molar-refractivity contribution < 1.29 is 0 Å². The monoisotopic (exact) mass is 223 g/mol. The number of pyridine rings is 1. The molecule has 0 aliphatic heterocycles. The number of hydrogen-bond donors (Lipinski definition) is 0. The van der Waals surface area contributed by atoms with Crippen molar-refractivity contribution in [3.05, 3.63) is 54.4 Å². The molecule has 0 radical (unpaired) electrons. The molecule has 1 atom stereocenters. The van der Waals surface area contributed by atoms with Crippen LogP contribution < -0.4 is 0 Å². The Morgan fingerprint density at radius 2 is 2.00 bits per heavy atom. The van der Waals surface area contributed by atoms with Gasteiger partial charge in [-0.25, -0.2) is 0 Å². The molecule has 86 valence electrons. The molecule has 0 N–H and O–H groups in total. The maximum absolute atomic E-state index is 4.62. The Morgan fingerprint density at radius 1 is 1.12 bits per heavy atom. The van der Waals surface area contributed by atoms with E-state index in [9.17, 15) is 0 Å². The highest BCUT2D eigenvalue weighted by Gasteiger charge is 2.21. The van der Waals surface area contributed by atoms with Gasteiger partial charge in [0.15, 0.2) is 0 Å². The molecular formula is C16H17N. The minimum absolute atomic E-state index is 0.467. The van der Waals surface area contributed by atoms with Gasteiger partial charge >= 0.3 is 0 Å². The summed E-state index contributed by atoms with van der Waals surface area (Å²) in [6.45, 7) is 4.24. The predicted molar refractivity (Wildman–Crippen MR) is 72.1 cm³/mol. The van der Waals surface area contributed by atoms with Crippen molar-refractivity contribution in [2.45, 2.75) is 31.6 Å². The molecule has 2 aromatic rings. The van der Waals surface area contributed by atoms with Crippen molar-refractivity contribution in [3.8, 4) is 0 Å². The second kappa shape index (κ2) is 4.33. The van der Waals surface area contributed by atoms with Gasteiger partial charge in [0.25, 0.3) is 0 Å². The summed E-state index contributed by atoms with van der Waals surface area (Å²) in [5.74, 6) is 0.467. The number of fused-ring (bicyclic) bond motifs is 1. The lowest BCUT2D eigenvalue weighted by Crippen LogP contribution is -2.09. The van der Waals surface area contributed by atoms with E-state index in [0.29, 0.717) is 5.92 Å². The summed E-state index contributed by atoms with van der Waals surface area (Å²) >= 11 is 0. The SMILES string of the molecule is C=C1CCCCC1c1nccc2ccccc12. The van der Waals surface area contributed by atoms with Crippen molar-refractivity contribution in [2.75, 3.05) is 0 Å². The fourth-order valence-corrected chi connectivity index (χ4v) is 2.83. The summed E-state index contributed by atoms with van der Waals surface area (Å²) in [7, 11) is 0. The van der Waals surface area contributed by atoms with Gasteiger partial charge in [0.05, 0.1) is 5.69 Å². The maximum atomic E-state index is 4.62. The number of rotatable bonds is 1. The lowest BCUT2D eigenvalue weighted by molar-refractivity contribution is 0.537. The van der Waals surface area contributed by atoms with Gasteiger partial charge < -0.3 is 0 Å². The quantitative estimate of drug-likeness (QED) is 0.651.